The van der Waals surface area contributed by atoms with Gasteiger partial charge >= 0.3 is 5.97 Å². The summed E-state index contributed by atoms with van der Waals surface area (Å²) in [6.07, 6.45) is 4.96. The zero-order valence-corrected chi connectivity index (χ0v) is 7.03. The molecule has 0 aromatic rings. The van der Waals surface area contributed by atoms with Gasteiger partial charge in [0.15, 0.2) is 0 Å². The molecule has 3 nitrogen and oxygen atoms in total. The summed E-state index contributed by atoms with van der Waals surface area (Å²) in [4.78, 5) is 21.0. The fourth-order valence-corrected chi connectivity index (χ4v) is 1.94. The first-order valence-corrected chi connectivity index (χ1v) is 4.42. The number of carbonyl (C=O) groups is 2. The van der Waals surface area contributed by atoms with Crippen LogP contribution < -0.4 is 0 Å². The lowest BCUT2D eigenvalue weighted by molar-refractivity contribution is -0.145. The summed E-state index contributed by atoms with van der Waals surface area (Å²) in [6, 6.07) is 0. The zero-order valence-electron chi connectivity index (χ0n) is 7.03. The Morgan fingerprint density at radius 1 is 1.42 bits per heavy atom. The fourth-order valence-electron chi connectivity index (χ4n) is 1.94. The van der Waals surface area contributed by atoms with Crippen molar-refractivity contribution in [1.29, 1.82) is 0 Å². The van der Waals surface area contributed by atoms with Crippen LogP contribution in [0.2, 0.25) is 0 Å². The van der Waals surface area contributed by atoms with Crippen LogP contribution >= 0.6 is 0 Å². The molecule has 0 aromatic heterocycles. The van der Waals surface area contributed by atoms with E-state index in [0.29, 0.717) is 6.42 Å². The van der Waals surface area contributed by atoms with E-state index in [0.717, 1.165) is 32.0 Å². The third-order valence-corrected chi connectivity index (χ3v) is 2.63. The van der Waals surface area contributed by atoms with E-state index >= 15 is 0 Å². The van der Waals surface area contributed by atoms with Gasteiger partial charge in [-0.05, 0) is 18.8 Å². The van der Waals surface area contributed by atoms with Crippen LogP contribution in [0.25, 0.3) is 0 Å². The highest BCUT2D eigenvalue weighted by Crippen LogP contribution is 2.31. The largest absolute Gasteiger partial charge is 0.481 e. The Bertz CT molecular complexity index is 177. The molecule has 0 bridgehead atoms. The molecule has 0 saturated heterocycles. The zero-order chi connectivity index (χ0) is 8.97. The van der Waals surface area contributed by atoms with Gasteiger partial charge in [0.2, 0.25) is 0 Å². The maximum Gasteiger partial charge on any atom is 0.306 e. The predicted octanol–water partition coefficient (Wildman–Crippen LogP) is 1.47. The Balaban J connectivity index is 2.53. The molecular formula is C9H14O3. The molecule has 1 rings (SSSR count). The third kappa shape index (κ3) is 2.06. The van der Waals surface area contributed by atoms with Crippen LogP contribution in [0.5, 0.6) is 0 Å². The molecule has 0 aliphatic heterocycles. The van der Waals surface area contributed by atoms with Gasteiger partial charge in [-0.3, -0.25) is 4.79 Å². The van der Waals surface area contributed by atoms with Crippen LogP contribution in [0.4, 0.5) is 0 Å². The topological polar surface area (TPSA) is 54.4 Å². The Morgan fingerprint density at radius 3 is 2.67 bits per heavy atom. The average Bonchev–Trinajstić information content (AvgIpc) is 2.05. The summed E-state index contributed by atoms with van der Waals surface area (Å²) in [5.41, 5.74) is 0. The molecule has 0 aromatic carbocycles. The molecular weight excluding hydrogens is 156 g/mol. The van der Waals surface area contributed by atoms with Crippen LogP contribution in [0.15, 0.2) is 0 Å². The highest BCUT2D eigenvalue weighted by Gasteiger charge is 2.29. The van der Waals surface area contributed by atoms with E-state index in [9.17, 15) is 9.59 Å². The van der Waals surface area contributed by atoms with Crippen molar-refractivity contribution in [1.82, 2.24) is 0 Å². The monoisotopic (exact) mass is 170 g/mol. The Hall–Kier alpha value is -0.860. The Kier molecular flexibility index (Phi) is 3.26. The minimum atomic E-state index is -0.735. The molecule has 1 aliphatic carbocycles. The van der Waals surface area contributed by atoms with Crippen LogP contribution in [0.1, 0.15) is 32.1 Å². The second-order valence-corrected chi connectivity index (χ2v) is 3.39. The second-order valence-electron chi connectivity index (χ2n) is 3.39. The van der Waals surface area contributed by atoms with Gasteiger partial charge in [0.25, 0.3) is 0 Å². The summed E-state index contributed by atoms with van der Waals surface area (Å²) in [6.45, 7) is 0. The number of carboxylic acids is 1. The molecule has 0 amide bonds. The first-order chi connectivity index (χ1) is 5.75. The van der Waals surface area contributed by atoms with Crippen LogP contribution in [0, 0.1) is 11.8 Å². The van der Waals surface area contributed by atoms with Crippen molar-refractivity contribution in [2.75, 3.05) is 0 Å². The molecule has 1 N–H and O–H groups in total. The molecule has 3 heteroatoms. The smallest absolute Gasteiger partial charge is 0.306 e. The summed E-state index contributed by atoms with van der Waals surface area (Å²) in [5.74, 6) is -0.917. The van der Waals surface area contributed by atoms with Gasteiger partial charge in [0.05, 0.1) is 5.92 Å². The van der Waals surface area contributed by atoms with Gasteiger partial charge in [-0.1, -0.05) is 12.8 Å². The average molecular weight is 170 g/mol. The number of aliphatic carboxylic acids is 1. The van der Waals surface area contributed by atoms with Crippen LogP contribution in [-0.2, 0) is 9.59 Å². The quantitative estimate of drug-likeness (QED) is 0.652. The normalized spacial score (nSPS) is 29.7. The Morgan fingerprint density at radius 2 is 2.08 bits per heavy atom. The maximum atomic E-state index is 10.7. The lowest BCUT2D eigenvalue weighted by Gasteiger charge is -2.26. The lowest BCUT2D eigenvalue weighted by atomic mass is 9.78. The molecule has 12 heavy (non-hydrogen) atoms. The van der Waals surface area contributed by atoms with E-state index in [2.05, 4.69) is 0 Å². The molecule has 2 atom stereocenters. The molecule has 1 aliphatic rings. The highest BCUT2D eigenvalue weighted by atomic mass is 16.4. The second kappa shape index (κ2) is 4.24. The summed E-state index contributed by atoms with van der Waals surface area (Å²) >= 11 is 0. The number of carbonyl (C=O) groups excluding carboxylic acids is 1. The Labute approximate surface area is 71.8 Å². The summed E-state index contributed by atoms with van der Waals surface area (Å²) in [5, 5.41) is 8.82. The van der Waals surface area contributed by atoms with E-state index in [1.807, 2.05) is 0 Å². The van der Waals surface area contributed by atoms with Gasteiger partial charge in [-0.15, -0.1) is 0 Å². The molecule has 1 saturated carbocycles. The number of carboxylic acid groups (broad SMARTS) is 1. The SMILES string of the molecule is O=CCC1CCCCC1C(=O)O. The molecule has 1 fully saturated rings. The van der Waals surface area contributed by atoms with E-state index in [4.69, 9.17) is 5.11 Å². The third-order valence-electron chi connectivity index (χ3n) is 2.63. The van der Waals surface area contributed by atoms with Crippen molar-refractivity contribution in [3.05, 3.63) is 0 Å². The van der Waals surface area contributed by atoms with E-state index < -0.39 is 5.97 Å². The first-order valence-electron chi connectivity index (χ1n) is 4.42. The number of aldehydes is 1. The summed E-state index contributed by atoms with van der Waals surface area (Å²) < 4.78 is 0. The van der Waals surface area contributed by atoms with Crippen molar-refractivity contribution >= 4 is 12.3 Å². The minimum Gasteiger partial charge on any atom is -0.481 e. The molecule has 2 unspecified atom stereocenters. The molecule has 68 valence electrons. The van der Waals surface area contributed by atoms with Crippen molar-refractivity contribution in [3.63, 3.8) is 0 Å². The highest BCUT2D eigenvalue weighted by molar-refractivity contribution is 5.71. The van der Waals surface area contributed by atoms with Gasteiger partial charge in [0.1, 0.15) is 6.29 Å². The number of hydrogen-bond acceptors (Lipinski definition) is 2. The van der Waals surface area contributed by atoms with Gasteiger partial charge in [-0.25, -0.2) is 0 Å². The minimum absolute atomic E-state index is 0.0914. The maximum absolute atomic E-state index is 10.7. The predicted molar refractivity (Wildman–Crippen MR) is 43.8 cm³/mol. The van der Waals surface area contributed by atoms with Crippen molar-refractivity contribution in [2.45, 2.75) is 32.1 Å². The molecule has 0 heterocycles. The van der Waals surface area contributed by atoms with Crippen LogP contribution in [0.3, 0.4) is 0 Å². The standard InChI is InChI=1S/C9H14O3/c10-6-5-7-3-1-2-4-8(7)9(11)12/h6-8H,1-5H2,(H,11,12). The molecule has 0 radical (unpaired) electrons. The summed E-state index contributed by atoms with van der Waals surface area (Å²) in [7, 11) is 0. The van der Waals surface area contributed by atoms with Gasteiger partial charge < -0.3 is 9.90 Å². The lowest BCUT2D eigenvalue weighted by Crippen LogP contribution is -2.27. The first kappa shape index (κ1) is 9.23. The number of hydrogen-bond donors (Lipinski definition) is 1. The van der Waals surface area contributed by atoms with E-state index in [1.54, 1.807) is 0 Å². The van der Waals surface area contributed by atoms with Gasteiger partial charge in [-0.2, -0.15) is 0 Å². The van der Waals surface area contributed by atoms with Crippen LogP contribution in [-0.4, -0.2) is 17.4 Å². The number of rotatable bonds is 3. The van der Waals surface area contributed by atoms with Crippen molar-refractivity contribution in [3.8, 4) is 0 Å². The van der Waals surface area contributed by atoms with Crippen molar-refractivity contribution < 1.29 is 14.7 Å². The fraction of sp³-hybridized carbons (Fsp3) is 0.778. The molecule has 0 spiro atoms. The van der Waals surface area contributed by atoms with Gasteiger partial charge in [0, 0.05) is 6.42 Å². The van der Waals surface area contributed by atoms with E-state index in [-0.39, 0.29) is 11.8 Å². The van der Waals surface area contributed by atoms with Crippen molar-refractivity contribution in [2.24, 2.45) is 11.8 Å². The van der Waals surface area contributed by atoms with E-state index in [1.165, 1.54) is 0 Å².